The van der Waals surface area contributed by atoms with Crippen LogP contribution in [0.4, 0.5) is 11.4 Å². The number of carbonyl (C=O) groups is 2. The molecule has 0 spiro atoms. The Morgan fingerprint density at radius 3 is 2.00 bits per heavy atom. The standard InChI is InChI=1S/C27H26N2O3/c1-16-10-12-20(13-11-16)24-22-25(32-29(24)21-8-6-5-7-9-21)27(31)28(26(22)30)23-18(3)14-17(2)15-19(23)4/h5-15,22,24-25H,1-4H3/t22-,24+,25-/m0/s1. The number of hydroxylamine groups is 1. The third-order valence-corrected chi connectivity index (χ3v) is 6.40. The van der Waals surface area contributed by atoms with E-state index in [9.17, 15) is 9.59 Å². The lowest BCUT2D eigenvalue weighted by Crippen LogP contribution is -2.38. The second-order valence-corrected chi connectivity index (χ2v) is 8.83. The predicted octanol–water partition coefficient (Wildman–Crippen LogP) is 4.97. The molecule has 2 saturated heterocycles. The van der Waals surface area contributed by atoms with Gasteiger partial charge in [-0.05, 0) is 56.5 Å². The fourth-order valence-corrected chi connectivity index (χ4v) is 5.06. The highest BCUT2D eigenvalue weighted by Gasteiger charge is 2.60. The van der Waals surface area contributed by atoms with Crippen LogP contribution in [0.1, 0.15) is 33.9 Å². The number of nitrogens with zero attached hydrogens (tertiary/aromatic N) is 2. The van der Waals surface area contributed by atoms with Crippen molar-refractivity contribution in [3.63, 3.8) is 0 Å². The summed E-state index contributed by atoms with van der Waals surface area (Å²) in [5.74, 6) is -1.13. The molecule has 2 aliphatic heterocycles. The van der Waals surface area contributed by atoms with Crippen molar-refractivity contribution in [3.05, 3.63) is 94.5 Å². The quantitative estimate of drug-likeness (QED) is 0.555. The van der Waals surface area contributed by atoms with Gasteiger partial charge in [-0.25, -0.2) is 9.96 Å². The van der Waals surface area contributed by atoms with E-state index >= 15 is 0 Å². The van der Waals surface area contributed by atoms with Gasteiger partial charge >= 0.3 is 0 Å². The summed E-state index contributed by atoms with van der Waals surface area (Å²) in [6, 6.07) is 21.4. The SMILES string of the molecule is Cc1ccc([C@@H]2[C@@H]3C(=O)N(c4c(C)cc(C)cc4C)C(=O)[C@H]3ON2c2ccccc2)cc1. The molecule has 2 heterocycles. The zero-order chi connectivity index (χ0) is 22.6. The van der Waals surface area contributed by atoms with Crippen LogP contribution >= 0.6 is 0 Å². The van der Waals surface area contributed by atoms with E-state index < -0.39 is 18.1 Å². The fourth-order valence-electron chi connectivity index (χ4n) is 5.06. The minimum absolute atomic E-state index is 0.209. The van der Waals surface area contributed by atoms with Crippen LogP contribution in [0, 0.1) is 33.6 Å². The number of para-hydroxylation sites is 1. The molecule has 2 aliphatic rings. The summed E-state index contributed by atoms with van der Waals surface area (Å²) in [6.07, 6.45) is -0.853. The molecule has 0 saturated carbocycles. The Bertz CT molecular complexity index is 1180. The fraction of sp³-hybridized carbons (Fsp3) is 0.259. The molecule has 32 heavy (non-hydrogen) atoms. The van der Waals surface area contributed by atoms with E-state index in [1.807, 2.05) is 94.4 Å². The van der Waals surface area contributed by atoms with Crippen molar-refractivity contribution in [1.29, 1.82) is 0 Å². The lowest BCUT2D eigenvalue weighted by atomic mass is 9.90. The number of rotatable bonds is 3. The van der Waals surface area contributed by atoms with Gasteiger partial charge in [0.05, 0.1) is 17.4 Å². The molecular weight excluding hydrogens is 400 g/mol. The van der Waals surface area contributed by atoms with Crippen molar-refractivity contribution in [2.75, 3.05) is 9.96 Å². The van der Waals surface area contributed by atoms with Gasteiger partial charge in [0.15, 0.2) is 6.10 Å². The van der Waals surface area contributed by atoms with E-state index in [2.05, 4.69) is 0 Å². The number of hydrogen-bond donors (Lipinski definition) is 0. The number of imide groups is 1. The van der Waals surface area contributed by atoms with Crippen LogP contribution in [0.2, 0.25) is 0 Å². The summed E-state index contributed by atoms with van der Waals surface area (Å²) in [5, 5.41) is 1.74. The maximum Gasteiger partial charge on any atom is 0.266 e. The average molecular weight is 427 g/mol. The lowest BCUT2D eigenvalue weighted by molar-refractivity contribution is -0.126. The Morgan fingerprint density at radius 2 is 1.38 bits per heavy atom. The van der Waals surface area contributed by atoms with Gasteiger partial charge in [-0.1, -0.05) is 65.7 Å². The van der Waals surface area contributed by atoms with Crippen molar-refractivity contribution < 1.29 is 14.4 Å². The topological polar surface area (TPSA) is 49.9 Å². The first-order valence-electron chi connectivity index (χ1n) is 10.9. The molecule has 0 unspecified atom stereocenters. The Labute approximate surface area is 188 Å². The average Bonchev–Trinajstić information content (AvgIpc) is 3.26. The highest BCUT2D eigenvalue weighted by atomic mass is 16.7. The van der Waals surface area contributed by atoms with Gasteiger partial charge in [0.2, 0.25) is 5.91 Å². The smallest absolute Gasteiger partial charge is 0.266 e. The summed E-state index contributed by atoms with van der Waals surface area (Å²) in [7, 11) is 0. The molecule has 0 bridgehead atoms. The zero-order valence-electron chi connectivity index (χ0n) is 18.7. The van der Waals surface area contributed by atoms with E-state index in [0.717, 1.165) is 33.5 Å². The molecule has 162 valence electrons. The number of amides is 2. The van der Waals surface area contributed by atoms with Crippen molar-refractivity contribution in [1.82, 2.24) is 0 Å². The number of fused-ring (bicyclic) bond motifs is 1. The van der Waals surface area contributed by atoms with Crippen LogP contribution in [0.3, 0.4) is 0 Å². The molecule has 5 heteroatoms. The monoisotopic (exact) mass is 426 g/mol. The maximum atomic E-state index is 13.8. The van der Waals surface area contributed by atoms with Crippen molar-refractivity contribution in [2.24, 2.45) is 5.92 Å². The molecule has 0 N–H and O–H groups in total. The van der Waals surface area contributed by atoms with E-state index in [1.165, 1.54) is 4.90 Å². The molecule has 0 aromatic heterocycles. The van der Waals surface area contributed by atoms with Crippen molar-refractivity contribution in [3.8, 4) is 0 Å². The number of anilines is 2. The Balaban J connectivity index is 1.61. The summed E-state index contributed by atoms with van der Waals surface area (Å²) in [5.41, 5.74) is 6.52. The van der Waals surface area contributed by atoms with Crippen LogP contribution in [0.5, 0.6) is 0 Å². The highest BCUT2D eigenvalue weighted by molar-refractivity contribution is 6.24. The zero-order valence-corrected chi connectivity index (χ0v) is 18.7. The molecule has 3 atom stereocenters. The van der Waals surface area contributed by atoms with Crippen molar-refractivity contribution >= 4 is 23.2 Å². The molecule has 5 nitrogen and oxygen atoms in total. The third kappa shape index (κ3) is 3.12. The van der Waals surface area contributed by atoms with E-state index in [1.54, 1.807) is 5.06 Å². The Hall–Kier alpha value is -3.44. The molecule has 2 fully saturated rings. The molecule has 5 rings (SSSR count). The maximum absolute atomic E-state index is 13.8. The first-order chi connectivity index (χ1) is 15.4. The number of hydrogen-bond acceptors (Lipinski definition) is 4. The summed E-state index contributed by atoms with van der Waals surface area (Å²) in [4.78, 5) is 34.9. The first kappa shape index (κ1) is 20.5. The molecule has 3 aromatic rings. The highest BCUT2D eigenvalue weighted by Crippen LogP contribution is 2.48. The summed E-state index contributed by atoms with van der Waals surface area (Å²) in [6.45, 7) is 7.93. The van der Waals surface area contributed by atoms with Gasteiger partial charge in [0.1, 0.15) is 5.92 Å². The van der Waals surface area contributed by atoms with Crippen LogP contribution in [-0.4, -0.2) is 17.9 Å². The van der Waals surface area contributed by atoms with Gasteiger partial charge in [-0.2, -0.15) is 0 Å². The van der Waals surface area contributed by atoms with Crippen LogP contribution < -0.4 is 9.96 Å². The largest absolute Gasteiger partial charge is 0.273 e. The van der Waals surface area contributed by atoms with E-state index in [0.29, 0.717) is 5.69 Å². The predicted molar refractivity (Wildman–Crippen MR) is 124 cm³/mol. The van der Waals surface area contributed by atoms with E-state index in [4.69, 9.17) is 4.84 Å². The molecule has 0 aliphatic carbocycles. The Kier molecular flexibility index (Phi) is 4.86. The Morgan fingerprint density at radius 1 is 0.750 bits per heavy atom. The summed E-state index contributed by atoms with van der Waals surface area (Å²) >= 11 is 0. The molecular formula is C27H26N2O3. The van der Waals surface area contributed by atoms with Gasteiger partial charge < -0.3 is 0 Å². The van der Waals surface area contributed by atoms with Gasteiger partial charge in [0, 0.05) is 0 Å². The van der Waals surface area contributed by atoms with Gasteiger partial charge in [-0.15, -0.1) is 0 Å². The van der Waals surface area contributed by atoms with Crippen molar-refractivity contribution in [2.45, 2.75) is 39.8 Å². The minimum atomic E-state index is -0.853. The number of benzene rings is 3. The first-order valence-corrected chi connectivity index (χ1v) is 10.9. The molecule has 3 aromatic carbocycles. The second kappa shape index (κ2) is 7.61. The summed E-state index contributed by atoms with van der Waals surface area (Å²) < 4.78 is 0. The number of carbonyl (C=O) groups excluding carboxylic acids is 2. The normalized spacial score (nSPS) is 22.6. The molecule has 2 amide bonds. The molecule has 0 radical (unpaired) electrons. The third-order valence-electron chi connectivity index (χ3n) is 6.40. The minimum Gasteiger partial charge on any atom is -0.273 e. The van der Waals surface area contributed by atoms with E-state index in [-0.39, 0.29) is 11.8 Å². The van der Waals surface area contributed by atoms with Crippen LogP contribution in [-0.2, 0) is 14.4 Å². The number of aryl methyl sites for hydroxylation is 4. The van der Waals surface area contributed by atoms with Crippen LogP contribution in [0.15, 0.2) is 66.7 Å². The van der Waals surface area contributed by atoms with Gasteiger partial charge in [-0.3, -0.25) is 14.4 Å². The van der Waals surface area contributed by atoms with Gasteiger partial charge in [0.25, 0.3) is 5.91 Å². The lowest BCUT2D eigenvalue weighted by Gasteiger charge is -2.29. The van der Waals surface area contributed by atoms with Crippen LogP contribution in [0.25, 0.3) is 0 Å². The second-order valence-electron chi connectivity index (χ2n) is 8.83.